The highest BCUT2D eigenvalue weighted by atomic mass is 32.1. The topological polar surface area (TPSA) is 103 Å². The Morgan fingerprint density at radius 3 is 2.54 bits per heavy atom. The second-order valence-corrected chi connectivity index (χ2v) is 9.30. The third-order valence-corrected chi connectivity index (χ3v) is 7.00. The maximum Gasteiger partial charge on any atom is 0.268 e. The highest BCUT2D eigenvalue weighted by Crippen LogP contribution is 2.35. The number of rotatable bonds is 6. The summed E-state index contributed by atoms with van der Waals surface area (Å²) in [6, 6.07) is 15.5. The highest BCUT2D eigenvalue weighted by molar-refractivity contribution is 7.22. The van der Waals surface area contributed by atoms with Crippen LogP contribution < -0.4 is 10.9 Å². The summed E-state index contributed by atoms with van der Waals surface area (Å²) in [7, 11) is 0. The van der Waals surface area contributed by atoms with Gasteiger partial charge in [0.15, 0.2) is 0 Å². The molecule has 0 radical (unpaired) electrons. The van der Waals surface area contributed by atoms with Crippen molar-refractivity contribution in [2.45, 2.75) is 33.7 Å². The second-order valence-electron chi connectivity index (χ2n) is 8.30. The van der Waals surface area contributed by atoms with Crippen LogP contribution in [0.3, 0.4) is 0 Å². The van der Waals surface area contributed by atoms with Crippen LogP contribution >= 0.6 is 11.3 Å². The molecule has 0 aliphatic carbocycles. The summed E-state index contributed by atoms with van der Waals surface area (Å²) >= 11 is 1.31. The van der Waals surface area contributed by atoms with Gasteiger partial charge < -0.3 is 9.84 Å². The fourth-order valence-corrected chi connectivity index (χ4v) is 4.85. The summed E-state index contributed by atoms with van der Waals surface area (Å²) in [5.41, 5.74) is 4.27. The number of aromatic nitrogens is 4. The van der Waals surface area contributed by atoms with Crippen molar-refractivity contribution < 1.29 is 9.32 Å². The summed E-state index contributed by atoms with van der Waals surface area (Å²) in [5, 5.41) is 7.37. The fraction of sp³-hybridized carbons (Fsp3) is 0.192. The first kappa shape index (κ1) is 22.7. The molecule has 0 atom stereocenters. The normalized spacial score (nSPS) is 11.2. The van der Waals surface area contributed by atoms with E-state index in [9.17, 15) is 9.59 Å². The Morgan fingerprint density at radius 2 is 1.83 bits per heavy atom. The molecule has 0 saturated heterocycles. The van der Waals surface area contributed by atoms with Gasteiger partial charge in [-0.05, 0) is 43.5 Å². The molecule has 2 aromatic carbocycles. The Kier molecular flexibility index (Phi) is 6.00. The Morgan fingerprint density at radius 1 is 1.09 bits per heavy atom. The number of carbonyl (C=O) groups is 1. The van der Waals surface area contributed by atoms with Crippen molar-refractivity contribution in [3.63, 3.8) is 0 Å². The molecule has 35 heavy (non-hydrogen) atoms. The van der Waals surface area contributed by atoms with Crippen LogP contribution in [0.15, 0.2) is 64.2 Å². The average Bonchev–Trinajstić information content (AvgIpc) is 3.47. The number of fused-ring (bicyclic) bond motifs is 1. The van der Waals surface area contributed by atoms with E-state index in [0.717, 1.165) is 17.5 Å². The molecule has 5 aromatic rings. The molecule has 1 N–H and O–H groups in total. The number of benzene rings is 2. The van der Waals surface area contributed by atoms with Crippen LogP contribution in [-0.4, -0.2) is 25.6 Å². The van der Waals surface area contributed by atoms with Crippen LogP contribution in [0.4, 0.5) is 5.69 Å². The summed E-state index contributed by atoms with van der Waals surface area (Å²) < 4.78 is 6.82. The maximum atomic E-state index is 13.2. The predicted octanol–water partition coefficient (Wildman–Crippen LogP) is 4.99. The lowest BCUT2D eigenvalue weighted by molar-refractivity contribution is -0.116. The maximum absolute atomic E-state index is 13.2. The van der Waals surface area contributed by atoms with E-state index in [1.54, 1.807) is 0 Å². The van der Waals surface area contributed by atoms with Gasteiger partial charge in [-0.15, -0.1) is 11.3 Å². The zero-order chi connectivity index (χ0) is 24.5. The van der Waals surface area contributed by atoms with Crippen LogP contribution in [0, 0.1) is 13.8 Å². The van der Waals surface area contributed by atoms with Crippen LogP contribution in [0.5, 0.6) is 0 Å². The highest BCUT2D eigenvalue weighted by Gasteiger charge is 2.21. The van der Waals surface area contributed by atoms with Gasteiger partial charge in [0.1, 0.15) is 11.4 Å². The Hall–Kier alpha value is -4.11. The molecule has 0 saturated carbocycles. The molecule has 1 amide bonds. The number of aryl methyl sites for hydroxylation is 3. The summed E-state index contributed by atoms with van der Waals surface area (Å²) in [4.78, 5) is 36.0. The number of carbonyl (C=O) groups excluding carboxylic acids is 1. The number of nitrogens with one attached hydrogen (secondary N) is 1. The number of hydrogen-bond donors (Lipinski definition) is 1. The van der Waals surface area contributed by atoms with Crippen LogP contribution in [-0.2, 0) is 17.8 Å². The van der Waals surface area contributed by atoms with E-state index in [2.05, 4.69) is 27.4 Å². The minimum Gasteiger partial charge on any atom is -0.333 e. The molecule has 0 unspecified atom stereocenters. The zero-order valence-corrected chi connectivity index (χ0v) is 20.3. The van der Waals surface area contributed by atoms with Crippen molar-refractivity contribution in [2.75, 3.05) is 5.32 Å². The van der Waals surface area contributed by atoms with Crippen LogP contribution in [0.1, 0.15) is 23.6 Å². The van der Waals surface area contributed by atoms with Crippen molar-refractivity contribution in [1.82, 2.24) is 19.7 Å². The molecule has 0 fully saturated rings. The van der Waals surface area contributed by atoms with E-state index in [4.69, 9.17) is 4.52 Å². The number of nitrogens with zero attached hydrogens (tertiary/aromatic N) is 4. The molecule has 0 bridgehead atoms. The van der Waals surface area contributed by atoms with Gasteiger partial charge in [-0.25, -0.2) is 4.98 Å². The van der Waals surface area contributed by atoms with Gasteiger partial charge in [-0.3, -0.25) is 14.2 Å². The third kappa shape index (κ3) is 4.50. The van der Waals surface area contributed by atoms with Gasteiger partial charge >= 0.3 is 0 Å². The molecule has 9 heteroatoms. The molecule has 3 heterocycles. The minimum atomic E-state index is -0.301. The van der Waals surface area contributed by atoms with Gasteiger partial charge in [-0.1, -0.05) is 54.0 Å². The first-order valence-corrected chi connectivity index (χ1v) is 12.0. The SMILES string of the molecule is CCc1ccc(NC(=O)Cn2cnc3sc(-c4nc(-c5ccc(C)cc5)no4)c(C)c3c2=O)cc1. The fourth-order valence-electron chi connectivity index (χ4n) is 3.79. The van der Waals surface area contributed by atoms with Gasteiger partial charge in [0, 0.05) is 11.3 Å². The molecule has 8 nitrogen and oxygen atoms in total. The number of thiophene rings is 1. The molecule has 0 aliphatic heterocycles. The zero-order valence-electron chi connectivity index (χ0n) is 19.5. The summed E-state index contributed by atoms with van der Waals surface area (Å²) in [5.74, 6) is 0.511. The number of hydrogen-bond acceptors (Lipinski definition) is 7. The average molecular weight is 486 g/mol. The molecular formula is C26H23N5O3S. The Balaban J connectivity index is 1.41. The van der Waals surface area contributed by atoms with Gasteiger partial charge in [0.25, 0.3) is 11.4 Å². The van der Waals surface area contributed by atoms with Gasteiger partial charge in [-0.2, -0.15) is 4.98 Å². The lowest BCUT2D eigenvalue weighted by atomic mass is 10.1. The van der Waals surface area contributed by atoms with Gasteiger partial charge in [0.05, 0.1) is 16.6 Å². The quantitative estimate of drug-likeness (QED) is 0.363. The molecular weight excluding hydrogens is 462 g/mol. The second kappa shape index (κ2) is 9.27. The summed E-state index contributed by atoms with van der Waals surface area (Å²) in [6.07, 6.45) is 2.32. The van der Waals surface area contributed by atoms with E-state index >= 15 is 0 Å². The summed E-state index contributed by atoms with van der Waals surface area (Å²) in [6.45, 7) is 5.77. The third-order valence-electron chi connectivity index (χ3n) is 5.81. The minimum absolute atomic E-state index is 0.139. The molecule has 3 aromatic heterocycles. The van der Waals surface area contributed by atoms with E-state index in [0.29, 0.717) is 38.1 Å². The largest absolute Gasteiger partial charge is 0.333 e. The molecule has 0 spiro atoms. The first-order valence-electron chi connectivity index (χ1n) is 11.2. The van der Waals surface area contributed by atoms with Gasteiger partial charge in [0.2, 0.25) is 11.7 Å². The Bertz CT molecular complexity index is 1580. The molecule has 5 rings (SSSR count). The van der Waals surface area contributed by atoms with E-state index in [-0.39, 0.29) is 18.0 Å². The monoisotopic (exact) mass is 485 g/mol. The van der Waals surface area contributed by atoms with E-state index in [1.165, 1.54) is 27.8 Å². The standard InChI is InChI=1S/C26H23N5O3S/c1-4-17-7-11-19(12-8-17)28-20(32)13-31-14-27-25-21(26(31)33)16(3)22(35-25)24-29-23(30-34-24)18-9-5-15(2)6-10-18/h5-12,14H,4,13H2,1-3H3,(H,28,32). The van der Waals surface area contributed by atoms with Crippen molar-refractivity contribution in [2.24, 2.45) is 0 Å². The Labute approximate surface area is 205 Å². The first-order chi connectivity index (χ1) is 16.9. The van der Waals surface area contributed by atoms with E-state index in [1.807, 2.05) is 62.4 Å². The van der Waals surface area contributed by atoms with E-state index < -0.39 is 0 Å². The van der Waals surface area contributed by atoms with Crippen molar-refractivity contribution in [3.05, 3.63) is 81.9 Å². The molecule has 176 valence electrons. The number of amides is 1. The lowest BCUT2D eigenvalue weighted by Gasteiger charge is -2.08. The van der Waals surface area contributed by atoms with Crippen molar-refractivity contribution >= 4 is 33.1 Å². The lowest BCUT2D eigenvalue weighted by Crippen LogP contribution is -2.27. The van der Waals surface area contributed by atoms with Crippen molar-refractivity contribution in [1.29, 1.82) is 0 Å². The number of anilines is 1. The van der Waals surface area contributed by atoms with Crippen molar-refractivity contribution in [3.8, 4) is 22.2 Å². The van der Waals surface area contributed by atoms with Crippen LogP contribution in [0.2, 0.25) is 0 Å². The molecule has 0 aliphatic rings. The predicted molar refractivity (Wildman–Crippen MR) is 137 cm³/mol. The smallest absolute Gasteiger partial charge is 0.268 e. The van der Waals surface area contributed by atoms with Crippen LogP contribution in [0.25, 0.3) is 32.4 Å².